The van der Waals surface area contributed by atoms with Crippen LogP contribution in [0.4, 0.5) is 10.6 Å². The molecule has 1 saturated heterocycles. The van der Waals surface area contributed by atoms with Gasteiger partial charge in [-0.05, 0) is 24.3 Å². The maximum Gasteiger partial charge on any atom is 0.413 e. The Morgan fingerprint density at radius 1 is 1.26 bits per heavy atom. The summed E-state index contributed by atoms with van der Waals surface area (Å²) in [6.07, 6.45) is 2.17. The van der Waals surface area contributed by atoms with E-state index in [1.54, 1.807) is 35.0 Å². The summed E-state index contributed by atoms with van der Waals surface area (Å²) in [5.74, 6) is 0.112. The average molecular weight is 479 g/mol. The van der Waals surface area contributed by atoms with E-state index in [-0.39, 0.29) is 29.6 Å². The van der Waals surface area contributed by atoms with Gasteiger partial charge in [-0.1, -0.05) is 0 Å². The van der Waals surface area contributed by atoms with Crippen LogP contribution < -0.4 is 25.7 Å². The normalized spacial score (nSPS) is 17.0. The molecule has 0 unspecified atom stereocenters. The van der Waals surface area contributed by atoms with Crippen LogP contribution in [0.1, 0.15) is 10.4 Å². The first-order valence-corrected chi connectivity index (χ1v) is 10.7. The highest BCUT2D eigenvalue weighted by Gasteiger charge is 2.39. The number of hydrogen-bond donors (Lipinski definition) is 2. The van der Waals surface area contributed by atoms with Gasteiger partial charge in [-0.2, -0.15) is 4.99 Å². The van der Waals surface area contributed by atoms with Crippen molar-refractivity contribution in [1.29, 1.82) is 0 Å². The second-order valence-corrected chi connectivity index (χ2v) is 7.66. The van der Waals surface area contributed by atoms with Gasteiger partial charge < -0.3 is 20.1 Å². The van der Waals surface area contributed by atoms with E-state index in [0.717, 1.165) is 5.06 Å². The third kappa shape index (κ3) is 4.01. The minimum absolute atomic E-state index is 0.0906. The molecule has 13 nitrogen and oxygen atoms in total. The molecule has 1 atom stereocenters. The van der Waals surface area contributed by atoms with E-state index in [1.807, 2.05) is 0 Å². The molecule has 0 spiro atoms. The van der Waals surface area contributed by atoms with Crippen LogP contribution in [0.25, 0.3) is 10.9 Å². The topological polar surface area (TPSA) is 149 Å². The molecule has 0 bridgehead atoms. The standard InChI is InChI=1S/C22H21N7O6/c1-33-17-15(35-22(32)25-14-11-29(34-2)20(14)31)6-5-13-16(17)26-21(28-9-8-24-18(13)28)27-19(30)12-4-3-7-23-10-12/h3-7,10,14,24H,8-9,11H2,1-2H3,(H,25,32)/t14-/m1/s1. The maximum absolute atomic E-state index is 12.7. The van der Waals surface area contributed by atoms with Crippen LogP contribution in [0.15, 0.2) is 41.7 Å². The van der Waals surface area contributed by atoms with Gasteiger partial charge in [0, 0.05) is 30.9 Å². The summed E-state index contributed by atoms with van der Waals surface area (Å²) in [6, 6.07) is 5.83. The lowest BCUT2D eigenvalue weighted by molar-refractivity contribution is -0.202. The third-order valence-corrected chi connectivity index (χ3v) is 5.62. The number of anilines is 1. The monoisotopic (exact) mass is 479 g/mol. The molecule has 13 heteroatoms. The number of carbonyl (C=O) groups excluding carboxylic acids is 3. The zero-order valence-electron chi connectivity index (χ0n) is 18.8. The highest BCUT2D eigenvalue weighted by Crippen LogP contribution is 2.37. The van der Waals surface area contributed by atoms with Crippen molar-refractivity contribution in [1.82, 2.24) is 24.9 Å². The first-order valence-electron chi connectivity index (χ1n) is 10.7. The molecule has 180 valence electrons. The first-order chi connectivity index (χ1) is 17.0. The Kier molecular flexibility index (Phi) is 5.74. The highest BCUT2D eigenvalue weighted by molar-refractivity contribution is 5.97. The van der Waals surface area contributed by atoms with Crippen molar-refractivity contribution in [3.05, 3.63) is 47.8 Å². The summed E-state index contributed by atoms with van der Waals surface area (Å²) in [4.78, 5) is 54.5. The summed E-state index contributed by atoms with van der Waals surface area (Å²) >= 11 is 0. The predicted molar refractivity (Wildman–Crippen MR) is 121 cm³/mol. The molecule has 1 fully saturated rings. The lowest BCUT2D eigenvalue weighted by Gasteiger charge is -2.35. The van der Waals surface area contributed by atoms with Gasteiger partial charge in [-0.25, -0.2) is 14.8 Å². The molecule has 2 aromatic heterocycles. The van der Waals surface area contributed by atoms with Gasteiger partial charge in [0.25, 0.3) is 11.8 Å². The Hall–Kier alpha value is -4.52. The molecule has 35 heavy (non-hydrogen) atoms. The summed E-state index contributed by atoms with van der Waals surface area (Å²) < 4.78 is 12.7. The molecular formula is C22H21N7O6. The molecule has 0 radical (unpaired) electrons. The molecule has 5 rings (SSSR count). The van der Waals surface area contributed by atoms with Crippen LogP contribution in [-0.2, 0) is 16.2 Å². The quantitative estimate of drug-likeness (QED) is 0.498. The SMILES string of the molecule is COc1c(OC(=O)N[C@@H]2CN(OC)C2=O)ccc2c3n(c(=NC(=O)c4cccnc4)nc12)CCN3. The number of rotatable bonds is 5. The zero-order chi connectivity index (χ0) is 24.5. The van der Waals surface area contributed by atoms with Crippen molar-refractivity contribution in [2.45, 2.75) is 12.6 Å². The number of nitrogens with zero attached hydrogens (tertiary/aromatic N) is 5. The molecule has 2 N–H and O–H groups in total. The van der Waals surface area contributed by atoms with Gasteiger partial charge in [0.2, 0.25) is 5.62 Å². The zero-order valence-corrected chi connectivity index (χ0v) is 18.8. The summed E-state index contributed by atoms with van der Waals surface area (Å²) in [5, 5.41) is 7.57. The maximum atomic E-state index is 12.7. The number of fused-ring (bicyclic) bond motifs is 3. The van der Waals surface area contributed by atoms with Crippen molar-refractivity contribution >= 4 is 34.6 Å². The number of carbonyl (C=O) groups is 3. The molecular weight excluding hydrogens is 458 g/mol. The lowest BCUT2D eigenvalue weighted by atomic mass is 10.1. The van der Waals surface area contributed by atoms with Crippen LogP contribution >= 0.6 is 0 Å². The lowest BCUT2D eigenvalue weighted by Crippen LogP contribution is -2.63. The van der Waals surface area contributed by atoms with E-state index in [1.165, 1.54) is 20.4 Å². The summed E-state index contributed by atoms with van der Waals surface area (Å²) in [5.41, 5.74) is 0.848. The van der Waals surface area contributed by atoms with E-state index < -0.39 is 18.0 Å². The highest BCUT2D eigenvalue weighted by atomic mass is 16.7. The second-order valence-electron chi connectivity index (χ2n) is 7.66. The van der Waals surface area contributed by atoms with E-state index in [2.05, 4.69) is 25.6 Å². The van der Waals surface area contributed by atoms with Crippen molar-refractivity contribution < 1.29 is 28.7 Å². The Morgan fingerprint density at radius 3 is 2.83 bits per heavy atom. The van der Waals surface area contributed by atoms with E-state index in [9.17, 15) is 14.4 Å². The van der Waals surface area contributed by atoms with Gasteiger partial charge in [0.15, 0.2) is 11.5 Å². The van der Waals surface area contributed by atoms with Gasteiger partial charge >= 0.3 is 6.09 Å². The Labute approximate surface area is 198 Å². The number of amides is 3. The number of hydroxylamine groups is 2. The van der Waals surface area contributed by atoms with Gasteiger partial charge in [0.1, 0.15) is 17.4 Å². The molecule has 3 aromatic rings. The fraction of sp³-hybridized carbons (Fsp3) is 0.273. The number of hydrogen-bond acceptors (Lipinski definition) is 9. The number of nitrogens with one attached hydrogen (secondary N) is 2. The molecule has 3 amide bonds. The summed E-state index contributed by atoms with van der Waals surface area (Å²) in [6.45, 7) is 1.40. The number of ether oxygens (including phenoxy) is 2. The Bertz CT molecular complexity index is 1400. The second kappa shape index (κ2) is 9.02. The van der Waals surface area contributed by atoms with Crippen LogP contribution in [-0.4, -0.2) is 70.9 Å². The average Bonchev–Trinajstić information content (AvgIpc) is 3.37. The molecule has 2 aliphatic rings. The number of aromatic nitrogens is 3. The van der Waals surface area contributed by atoms with E-state index >= 15 is 0 Å². The molecule has 0 aliphatic carbocycles. The largest absolute Gasteiger partial charge is 0.491 e. The minimum atomic E-state index is -0.831. The van der Waals surface area contributed by atoms with Crippen molar-refractivity contribution in [2.24, 2.45) is 4.99 Å². The molecule has 0 saturated carbocycles. The molecule has 4 heterocycles. The van der Waals surface area contributed by atoms with Gasteiger partial charge in [-0.3, -0.25) is 24.0 Å². The van der Waals surface area contributed by atoms with Crippen molar-refractivity contribution in [3.63, 3.8) is 0 Å². The van der Waals surface area contributed by atoms with E-state index in [0.29, 0.717) is 35.4 Å². The first kappa shape index (κ1) is 22.3. The van der Waals surface area contributed by atoms with Crippen molar-refractivity contribution in [2.75, 3.05) is 32.6 Å². The van der Waals surface area contributed by atoms with Gasteiger partial charge in [-0.15, -0.1) is 0 Å². The Balaban J connectivity index is 1.51. The van der Waals surface area contributed by atoms with Crippen LogP contribution in [0.2, 0.25) is 0 Å². The minimum Gasteiger partial charge on any atom is -0.491 e. The Morgan fingerprint density at radius 2 is 2.11 bits per heavy atom. The molecule has 2 aliphatic heterocycles. The van der Waals surface area contributed by atoms with Crippen LogP contribution in [0.5, 0.6) is 11.5 Å². The fourth-order valence-corrected chi connectivity index (χ4v) is 3.90. The predicted octanol–water partition coefficient (Wildman–Crippen LogP) is 0.467. The molecule has 1 aromatic carbocycles. The van der Waals surface area contributed by atoms with Gasteiger partial charge in [0.05, 0.1) is 26.3 Å². The van der Waals surface area contributed by atoms with Crippen LogP contribution in [0, 0.1) is 0 Å². The van der Waals surface area contributed by atoms with Crippen LogP contribution in [0.3, 0.4) is 0 Å². The number of benzene rings is 1. The fourth-order valence-electron chi connectivity index (χ4n) is 3.90. The summed E-state index contributed by atoms with van der Waals surface area (Å²) in [7, 11) is 2.78. The third-order valence-electron chi connectivity index (χ3n) is 5.62. The number of β-lactam (4-membered cyclic amide) rings is 1. The number of methoxy groups -OCH3 is 1. The number of pyridine rings is 1. The van der Waals surface area contributed by atoms with E-state index in [4.69, 9.17) is 14.3 Å². The smallest absolute Gasteiger partial charge is 0.413 e. The van der Waals surface area contributed by atoms with Crippen molar-refractivity contribution in [3.8, 4) is 11.5 Å².